The molecule has 2 aliphatic heterocycles. The van der Waals surface area contributed by atoms with E-state index in [-0.39, 0.29) is 30.6 Å². The lowest BCUT2D eigenvalue weighted by Crippen LogP contribution is -2.52. The van der Waals surface area contributed by atoms with Crippen molar-refractivity contribution in [3.63, 3.8) is 0 Å². The number of carbonyl (C=O) groups is 1. The number of rotatable bonds is 8. The summed E-state index contributed by atoms with van der Waals surface area (Å²) in [6, 6.07) is 7.56. The maximum Gasteiger partial charge on any atom is 0.223 e. The fraction of sp³-hybridized carbons (Fsp3) is 0.609. The van der Waals surface area contributed by atoms with Crippen LogP contribution in [0.2, 0.25) is 0 Å². The fourth-order valence-electron chi connectivity index (χ4n) is 4.43. The standard InChI is InChI=1S/C23H32N4O5/c1-30-21-5-3-2-4-18(21)20-14-27(26-25-20)11-8-17-6-7-19(22(15-28)32-17)24-23(29)16-9-12-31-13-10-16/h2-5,14,16-17,19,22,28H,6-13,15H2,1H3,(H,24,29)/t17-,19-,22+/m1/s1. The van der Waals surface area contributed by atoms with Gasteiger partial charge in [-0.05, 0) is 44.2 Å². The summed E-state index contributed by atoms with van der Waals surface area (Å²) in [4.78, 5) is 12.6. The van der Waals surface area contributed by atoms with E-state index in [2.05, 4.69) is 15.6 Å². The molecule has 0 unspecified atom stereocenters. The molecule has 2 saturated heterocycles. The number of aliphatic hydroxyl groups is 1. The highest BCUT2D eigenvalue weighted by molar-refractivity contribution is 5.79. The van der Waals surface area contributed by atoms with Crippen LogP contribution in [0.15, 0.2) is 30.5 Å². The first-order valence-corrected chi connectivity index (χ1v) is 11.4. The third kappa shape index (κ3) is 5.46. The van der Waals surface area contributed by atoms with Gasteiger partial charge < -0.3 is 24.6 Å². The molecule has 1 aromatic carbocycles. The lowest BCUT2D eigenvalue weighted by Gasteiger charge is -2.37. The highest BCUT2D eigenvalue weighted by Crippen LogP contribution is 2.28. The summed E-state index contributed by atoms with van der Waals surface area (Å²) in [6.07, 6.45) is 5.38. The van der Waals surface area contributed by atoms with E-state index in [0.717, 1.165) is 49.1 Å². The number of benzene rings is 1. The Morgan fingerprint density at radius 1 is 1.25 bits per heavy atom. The van der Waals surface area contributed by atoms with Crippen molar-refractivity contribution in [2.45, 2.75) is 56.9 Å². The molecule has 0 radical (unpaired) electrons. The third-order valence-corrected chi connectivity index (χ3v) is 6.32. The van der Waals surface area contributed by atoms with Gasteiger partial charge in [0.05, 0.1) is 32.1 Å². The van der Waals surface area contributed by atoms with Gasteiger partial charge in [-0.1, -0.05) is 17.3 Å². The lowest BCUT2D eigenvalue weighted by atomic mass is 9.94. The van der Waals surface area contributed by atoms with Gasteiger partial charge in [0.15, 0.2) is 0 Å². The van der Waals surface area contributed by atoms with Crippen molar-refractivity contribution >= 4 is 5.91 Å². The van der Waals surface area contributed by atoms with Crippen molar-refractivity contribution in [3.05, 3.63) is 30.5 Å². The largest absolute Gasteiger partial charge is 0.496 e. The Kier molecular flexibility index (Phi) is 7.72. The van der Waals surface area contributed by atoms with Crippen LogP contribution in [0.4, 0.5) is 0 Å². The quantitative estimate of drug-likeness (QED) is 0.639. The smallest absolute Gasteiger partial charge is 0.223 e. The van der Waals surface area contributed by atoms with Crippen LogP contribution in [0, 0.1) is 5.92 Å². The van der Waals surface area contributed by atoms with Crippen LogP contribution >= 0.6 is 0 Å². The Labute approximate surface area is 188 Å². The minimum atomic E-state index is -0.391. The van der Waals surface area contributed by atoms with Gasteiger partial charge in [-0.2, -0.15) is 0 Å². The third-order valence-electron chi connectivity index (χ3n) is 6.32. The number of para-hydroxylation sites is 1. The van der Waals surface area contributed by atoms with Gasteiger partial charge >= 0.3 is 0 Å². The molecule has 2 N–H and O–H groups in total. The van der Waals surface area contributed by atoms with Gasteiger partial charge in [0.25, 0.3) is 0 Å². The first-order valence-electron chi connectivity index (χ1n) is 11.4. The van der Waals surface area contributed by atoms with Crippen LogP contribution in [0.5, 0.6) is 5.75 Å². The molecule has 0 spiro atoms. The Hall–Kier alpha value is -2.49. The number of hydrogen-bond acceptors (Lipinski definition) is 7. The number of nitrogens with zero attached hydrogens (tertiary/aromatic N) is 3. The van der Waals surface area contributed by atoms with Crippen LogP contribution < -0.4 is 10.1 Å². The molecule has 1 amide bonds. The van der Waals surface area contributed by atoms with Crippen molar-refractivity contribution in [1.82, 2.24) is 20.3 Å². The molecule has 2 aliphatic rings. The fourth-order valence-corrected chi connectivity index (χ4v) is 4.43. The Balaban J connectivity index is 1.28. The predicted octanol–water partition coefficient (Wildman–Crippen LogP) is 1.80. The van der Waals surface area contributed by atoms with Gasteiger partial charge in [-0.25, -0.2) is 0 Å². The second-order valence-corrected chi connectivity index (χ2v) is 8.41. The second kappa shape index (κ2) is 10.9. The molecule has 1 aromatic heterocycles. The molecular formula is C23H32N4O5. The zero-order valence-electron chi connectivity index (χ0n) is 18.5. The van der Waals surface area contributed by atoms with Crippen LogP contribution in [0.1, 0.15) is 32.1 Å². The van der Waals surface area contributed by atoms with E-state index in [0.29, 0.717) is 19.8 Å². The van der Waals surface area contributed by atoms with Crippen molar-refractivity contribution < 1.29 is 24.1 Å². The highest BCUT2D eigenvalue weighted by Gasteiger charge is 2.33. The molecule has 0 bridgehead atoms. The molecule has 3 atom stereocenters. The number of carbonyl (C=O) groups excluding carboxylic acids is 1. The van der Waals surface area contributed by atoms with Gasteiger partial charge in [-0.15, -0.1) is 5.10 Å². The first kappa shape index (κ1) is 22.7. The van der Waals surface area contributed by atoms with Crippen molar-refractivity contribution in [3.8, 4) is 17.0 Å². The summed E-state index contributed by atoms with van der Waals surface area (Å²) >= 11 is 0. The summed E-state index contributed by atoms with van der Waals surface area (Å²) < 4.78 is 18.7. The number of hydrogen-bond donors (Lipinski definition) is 2. The zero-order chi connectivity index (χ0) is 22.3. The average Bonchev–Trinajstić information content (AvgIpc) is 3.32. The monoisotopic (exact) mass is 444 g/mol. The van der Waals surface area contributed by atoms with Crippen molar-refractivity contribution in [1.29, 1.82) is 0 Å². The van der Waals surface area contributed by atoms with E-state index in [1.807, 2.05) is 30.5 Å². The molecule has 32 heavy (non-hydrogen) atoms. The number of nitrogens with one attached hydrogen (secondary N) is 1. The molecule has 0 saturated carbocycles. The van der Waals surface area contributed by atoms with Crippen molar-refractivity contribution in [2.75, 3.05) is 26.9 Å². The average molecular weight is 445 g/mol. The van der Waals surface area contributed by atoms with Crippen molar-refractivity contribution in [2.24, 2.45) is 5.92 Å². The number of aryl methyl sites for hydroxylation is 1. The van der Waals surface area contributed by atoms with Gasteiger partial charge in [-0.3, -0.25) is 9.48 Å². The van der Waals surface area contributed by atoms with E-state index < -0.39 is 6.10 Å². The Morgan fingerprint density at radius 2 is 2.06 bits per heavy atom. The van der Waals surface area contributed by atoms with Gasteiger partial charge in [0.2, 0.25) is 5.91 Å². The molecule has 174 valence electrons. The van der Waals surface area contributed by atoms with E-state index >= 15 is 0 Å². The molecule has 0 aliphatic carbocycles. The normalized spacial score (nSPS) is 24.2. The molecule has 3 heterocycles. The van der Waals surface area contributed by atoms with Gasteiger partial charge in [0.1, 0.15) is 17.5 Å². The number of aromatic nitrogens is 3. The molecule has 2 aromatic rings. The lowest BCUT2D eigenvalue weighted by molar-refractivity contribution is -0.134. The minimum absolute atomic E-state index is 0.00212. The number of amides is 1. The summed E-state index contributed by atoms with van der Waals surface area (Å²) in [5.74, 6) is 0.797. The summed E-state index contributed by atoms with van der Waals surface area (Å²) in [7, 11) is 1.64. The highest BCUT2D eigenvalue weighted by atomic mass is 16.5. The summed E-state index contributed by atoms with van der Waals surface area (Å²) in [5.41, 5.74) is 1.66. The molecule has 4 rings (SSSR count). The van der Waals surface area contributed by atoms with Gasteiger partial charge in [0, 0.05) is 31.2 Å². The first-order chi connectivity index (χ1) is 15.7. The Morgan fingerprint density at radius 3 is 2.84 bits per heavy atom. The zero-order valence-corrected chi connectivity index (χ0v) is 18.5. The van der Waals surface area contributed by atoms with Crippen LogP contribution in [0.25, 0.3) is 11.3 Å². The van der Waals surface area contributed by atoms with Crippen LogP contribution in [-0.2, 0) is 20.8 Å². The minimum Gasteiger partial charge on any atom is -0.496 e. The summed E-state index contributed by atoms with van der Waals surface area (Å²) in [6.45, 7) is 1.80. The SMILES string of the molecule is COc1ccccc1-c1cn(CC[C@H]2CC[C@@H](NC(=O)C3CCOCC3)[C@H](CO)O2)nn1. The predicted molar refractivity (Wildman–Crippen MR) is 117 cm³/mol. The van der Waals surface area contributed by atoms with Crippen LogP contribution in [-0.4, -0.2) is 71.2 Å². The second-order valence-electron chi connectivity index (χ2n) is 8.41. The van der Waals surface area contributed by atoms with E-state index in [9.17, 15) is 9.90 Å². The number of aliphatic hydroxyl groups excluding tert-OH is 1. The summed E-state index contributed by atoms with van der Waals surface area (Å²) in [5, 5.41) is 21.4. The molecule has 9 nitrogen and oxygen atoms in total. The molecule has 2 fully saturated rings. The maximum absolute atomic E-state index is 12.6. The van der Waals surface area contributed by atoms with E-state index in [1.165, 1.54) is 0 Å². The van der Waals surface area contributed by atoms with E-state index in [4.69, 9.17) is 14.2 Å². The molecular weight excluding hydrogens is 412 g/mol. The van der Waals surface area contributed by atoms with Crippen LogP contribution in [0.3, 0.4) is 0 Å². The maximum atomic E-state index is 12.6. The number of methoxy groups -OCH3 is 1. The number of ether oxygens (including phenoxy) is 3. The van der Waals surface area contributed by atoms with E-state index in [1.54, 1.807) is 11.8 Å². The Bertz CT molecular complexity index is 883. The topological polar surface area (TPSA) is 108 Å². The molecule has 9 heteroatoms.